The molecule has 6 heteroatoms. The van der Waals surface area contributed by atoms with Gasteiger partial charge in [-0.2, -0.15) is 0 Å². The first-order chi connectivity index (χ1) is 12.5. The van der Waals surface area contributed by atoms with Crippen molar-refractivity contribution in [1.82, 2.24) is 15.1 Å². The Morgan fingerprint density at radius 3 is 2.69 bits per heavy atom. The van der Waals surface area contributed by atoms with Gasteiger partial charge < -0.3 is 10.2 Å². The SMILES string of the molecule is O=C1CC2(CCN(C3CCCNC3)CC2)CN1Cc1ccc(F)c(F)c1. The van der Waals surface area contributed by atoms with Crippen LogP contribution in [0, 0.1) is 17.0 Å². The lowest BCUT2D eigenvalue weighted by molar-refractivity contribution is -0.128. The summed E-state index contributed by atoms with van der Waals surface area (Å²) in [4.78, 5) is 16.9. The highest BCUT2D eigenvalue weighted by molar-refractivity contribution is 5.79. The van der Waals surface area contributed by atoms with Gasteiger partial charge in [0.1, 0.15) is 0 Å². The standard InChI is InChI=1S/C20H27F2N3O/c21-17-4-3-15(10-18(17)22)13-25-14-20(11-19(25)26)5-8-24(9-6-20)16-2-1-7-23-12-16/h3-4,10,16,23H,1-2,5-9,11-14H2. The number of piperidine rings is 2. The minimum absolute atomic E-state index is 0.0637. The van der Waals surface area contributed by atoms with Crippen LogP contribution < -0.4 is 5.32 Å². The first-order valence-electron chi connectivity index (χ1n) is 9.71. The third-order valence-electron chi connectivity index (χ3n) is 6.41. The summed E-state index contributed by atoms with van der Waals surface area (Å²) in [6.07, 6.45) is 5.19. The van der Waals surface area contributed by atoms with Crippen molar-refractivity contribution in [1.29, 1.82) is 0 Å². The van der Waals surface area contributed by atoms with Crippen LogP contribution in [0.5, 0.6) is 0 Å². The second-order valence-corrected chi connectivity index (χ2v) is 8.21. The average molecular weight is 363 g/mol. The maximum Gasteiger partial charge on any atom is 0.223 e. The van der Waals surface area contributed by atoms with E-state index in [4.69, 9.17) is 0 Å². The number of nitrogens with one attached hydrogen (secondary N) is 1. The molecule has 1 aromatic carbocycles. The molecule has 1 spiro atoms. The molecule has 4 rings (SSSR count). The van der Waals surface area contributed by atoms with E-state index in [1.54, 1.807) is 6.07 Å². The van der Waals surface area contributed by atoms with E-state index >= 15 is 0 Å². The molecule has 1 unspecified atom stereocenters. The highest BCUT2D eigenvalue weighted by Crippen LogP contribution is 2.42. The molecule has 0 bridgehead atoms. The Balaban J connectivity index is 1.36. The molecular formula is C20H27F2N3O. The van der Waals surface area contributed by atoms with Crippen molar-refractivity contribution < 1.29 is 13.6 Å². The predicted molar refractivity (Wildman–Crippen MR) is 95.5 cm³/mol. The van der Waals surface area contributed by atoms with Gasteiger partial charge in [0, 0.05) is 32.1 Å². The molecule has 3 fully saturated rings. The summed E-state index contributed by atoms with van der Waals surface area (Å²) in [6, 6.07) is 4.54. The van der Waals surface area contributed by atoms with Crippen LogP contribution in [-0.2, 0) is 11.3 Å². The number of likely N-dealkylation sites (tertiary alicyclic amines) is 2. The van der Waals surface area contributed by atoms with Gasteiger partial charge in [-0.05, 0) is 68.4 Å². The molecule has 3 aliphatic heterocycles. The minimum atomic E-state index is -0.849. The third-order valence-corrected chi connectivity index (χ3v) is 6.41. The van der Waals surface area contributed by atoms with Crippen LogP contribution in [0.25, 0.3) is 0 Å². The molecule has 142 valence electrons. The molecule has 3 heterocycles. The molecule has 1 aromatic rings. The van der Waals surface area contributed by atoms with E-state index in [0.717, 1.165) is 51.6 Å². The van der Waals surface area contributed by atoms with E-state index in [9.17, 15) is 13.6 Å². The largest absolute Gasteiger partial charge is 0.338 e. The van der Waals surface area contributed by atoms with Crippen molar-refractivity contribution in [2.45, 2.75) is 44.7 Å². The van der Waals surface area contributed by atoms with E-state index in [1.165, 1.54) is 18.9 Å². The monoisotopic (exact) mass is 363 g/mol. The number of hydrogen-bond donors (Lipinski definition) is 1. The summed E-state index contributed by atoms with van der Waals surface area (Å²) in [6.45, 7) is 5.42. The van der Waals surface area contributed by atoms with Gasteiger partial charge in [-0.25, -0.2) is 8.78 Å². The Kier molecular flexibility index (Phi) is 4.97. The normalized spacial score (nSPS) is 26.6. The fourth-order valence-electron chi connectivity index (χ4n) is 4.83. The predicted octanol–water partition coefficient (Wildman–Crippen LogP) is 2.53. The number of rotatable bonds is 3. The number of carbonyl (C=O) groups excluding carboxylic acids is 1. The molecule has 1 N–H and O–H groups in total. The van der Waals surface area contributed by atoms with Crippen LogP contribution in [0.15, 0.2) is 18.2 Å². The van der Waals surface area contributed by atoms with E-state index in [1.807, 2.05) is 4.90 Å². The van der Waals surface area contributed by atoms with Crippen LogP contribution in [0.4, 0.5) is 8.78 Å². The Hall–Kier alpha value is -1.53. The summed E-state index contributed by atoms with van der Waals surface area (Å²) in [5, 5.41) is 3.48. The van der Waals surface area contributed by atoms with E-state index in [-0.39, 0.29) is 11.3 Å². The van der Waals surface area contributed by atoms with Crippen molar-refractivity contribution in [3.8, 4) is 0 Å². The number of amides is 1. The van der Waals surface area contributed by atoms with Gasteiger partial charge in [-0.3, -0.25) is 9.69 Å². The molecule has 26 heavy (non-hydrogen) atoms. The van der Waals surface area contributed by atoms with Crippen molar-refractivity contribution in [2.75, 3.05) is 32.7 Å². The van der Waals surface area contributed by atoms with Crippen molar-refractivity contribution in [3.63, 3.8) is 0 Å². The lowest BCUT2D eigenvalue weighted by atomic mass is 9.77. The van der Waals surface area contributed by atoms with Crippen LogP contribution in [0.3, 0.4) is 0 Å². The summed E-state index contributed by atoms with van der Waals surface area (Å²) in [5.41, 5.74) is 0.717. The molecule has 3 saturated heterocycles. The Morgan fingerprint density at radius 2 is 2.00 bits per heavy atom. The van der Waals surface area contributed by atoms with Gasteiger partial charge in [0.05, 0.1) is 0 Å². The Bertz CT molecular complexity index is 667. The highest BCUT2D eigenvalue weighted by Gasteiger charge is 2.45. The zero-order valence-corrected chi connectivity index (χ0v) is 15.1. The minimum Gasteiger partial charge on any atom is -0.338 e. The summed E-state index contributed by atoms with van der Waals surface area (Å²) in [7, 11) is 0. The number of halogens is 2. The maximum atomic E-state index is 13.4. The lowest BCUT2D eigenvalue weighted by Crippen LogP contribution is -2.51. The summed E-state index contributed by atoms with van der Waals surface area (Å²) < 4.78 is 26.5. The number of carbonyl (C=O) groups is 1. The van der Waals surface area contributed by atoms with Crippen LogP contribution in [0.2, 0.25) is 0 Å². The van der Waals surface area contributed by atoms with Crippen LogP contribution in [0.1, 0.15) is 37.7 Å². The van der Waals surface area contributed by atoms with Crippen LogP contribution in [-0.4, -0.2) is 54.5 Å². The van der Waals surface area contributed by atoms with Crippen molar-refractivity contribution in [2.24, 2.45) is 5.41 Å². The van der Waals surface area contributed by atoms with E-state index < -0.39 is 11.6 Å². The molecule has 0 saturated carbocycles. The van der Waals surface area contributed by atoms with Gasteiger partial charge in [0.15, 0.2) is 11.6 Å². The quantitative estimate of drug-likeness (QED) is 0.896. The first kappa shape index (κ1) is 17.9. The Labute approximate surface area is 153 Å². The molecule has 4 nitrogen and oxygen atoms in total. The number of nitrogens with zero attached hydrogens (tertiary/aromatic N) is 2. The third kappa shape index (κ3) is 3.62. The topological polar surface area (TPSA) is 35.6 Å². The number of hydrogen-bond acceptors (Lipinski definition) is 3. The molecule has 0 radical (unpaired) electrons. The van der Waals surface area contributed by atoms with Gasteiger partial charge in [-0.15, -0.1) is 0 Å². The molecule has 0 aliphatic carbocycles. The highest BCUT2D eigenvalue weighted by atomic mass is 19.2. The van der Waals surface area contributed by atoms with Crippen molar-refractivity contribution >= 4 is 5.91 Å². The smallest absolute Gasteiger partial charge is 0.223 e. The van der Waals surface area contributed by atoms with Gasteiger partial charge in [0.2, 0.25) is 5.91 Å². The summed E-state index contributed by atoms with van der Waals surface area (Å²) in [5.74, 6) is -1.55. The van der Waals surface area contributed by atoms with Crippen LogP contribution >= 0.6 is 0 Å². The number of benzene rings is 1. The Morgan fingerprint density at radius 1 is 1.19 bits per heavy atom. The molecule has 0 aromatic heterocycles. The zero-order valence-electron chi connectivity index (χ0n) is 15.1. The molecule has 1 amide bonds. The second kappa shape index (κ2) is 7.24. The molecule has 3 aliphatic rings. The fourth-order valence-corrected chi connectivity index (χ4v) is 4.83. The zero-order chi connectivity index (χ0) is 18.1. The summed E-state index contributed by atoms with van der Waals surface area (Å²) >= 11 is 0. The maximum absolute atomic E-state index is 13.4. The fraction of sp³-hybridized carbons (Fsp3) is 0.650. The average Bonchev–Trinajstić information content (AvgIpc) is 2.94. The first-order valence-corrected chi connectivity index (χ1v) is 9.71. The van der Waals surface area contributed by atoms with Gasteiger partial charge >= 0.3 is 0 Å². The van der Waals surface area contributed by atoms with Gasteiger partial charge in [0.25, 0.3) is 0 Å². The second-order valence-electron chi connectivity index (χ2n) is 8.21. The lowest BCUT2D eigenvalue weighted by Gasteiger charge is -2.43. The van der Waals surface area contributed by atoms with Crippen molar-refractivity contribution in [3.05, 3.63) is 35.4 Å². The van der Waals surface area contributed by atoms with E-state index in [2.05, 4.69) is 10.2 Å². The van der Waals surface area contributed by atoms with Gasteiger partial charge in [-0.1, -0.05) is 6.07 Å². The molecular weight excluding hydrogens is 336 g/mol. The van der Waals surface area contributed by atoms with E-state index in [0.29, 0.717) is 24.6 Å². The molecule has 1 atom stereocenters.